The SMILES string of the molecule is CC(C)N1CCN(c2ccc(/C(=C(/CCCO)c3ccccc3)c3ccc(OS(C)(=O)=O)cc3)cc2)CC1.CC(C)N1CCN(c2ccc(/C(=C(/CCCO)c3ccccc3)c3ccc(OS(C)(=O)=O)cc3)cc2)CC1.CN1CCN(Cc2ccc(/C(=C(/CCCO)c3ccccc3)c3ccc(O)cc3)cc2)CC1. The van der Waals surface area contributed by atoms with E-state index in [2.05, 4.69) is 185 Å². The van der Waals surface area contributed by atoms with Crippen LogP contribution in [0.5, 0.6) is 17.2 Å². The largest absolute Gasteiger partial charge is 0.508 e. The summed E-state index contributed by atoms with van der Waals surface area (Å²) in [7, 11) is -5.03. The second-order valence-corrected chi connectivity index (χ2v) is 32.1. The highest BCUT2D eigenvalue weighted by Gasteiger charge is 2.24. The zero-order chi connectivity index (χ0) is 77.3. The Morgan fingerprint density at radius 3 is 0.927 bits per heavy atom. The van der Waals surface area contributed by atoms with Crippen molar-refractivity contribution >= 4 is 65.0 Å². The van der Waals surface area contributed by atoms with Gasteiger partial charge in [0.25, 0.3) is 0 Å². The van der Waals surface area contributed by atoms with E-state index in [4.69, 9.17) is 8.37 Å². The standard InChI is InChI=1S/2C31H38N2O4S.C29H34N2O2/c2*1-24(2)32-19-21-33(22-20-32)28-15-11-26(12-16-28)31(27-13-17-29(18-14-27)37-38(3,35)36)30(10-7-23-34)25-8-5-4-6-9-25;1-30-17-19-31(20-18-30)22-23-9-11-25(12-10-23)29(26-13-15-27(33)16-14-26)28(8-5-21-32)24-6-3-2-4-7-24/h2*4-6,8-9,11-18,24,34H,7,10,19-23H2,1-3H3;2-4,6-7,9-16,32-33H,5,8,17-22H2,1H3/b2*31-30+;29-28+. The second kappa shape index (κ2) is 40.5. The molecule has 0 saturated carbocycles. The lowest BCUT2D eigenvalue weighted by molar-refractivity contribution is 0.148. The molecule has 109 heavy (non-hydrogen) atoms. The number of likely N-dealkylation sites (N-methyl/N-ethyl adjacent to an activating group) is 1. The molecule has 0 spiro atoms. The van der Waals surface area contributed by atoms with Gasteiger partial charge in [0, 0.05) is 128 Å². The van der Waals surface area contributed by atoms with Gasteiger partial charge in [-0.05, 0) is 223 Å². The first-order valence-corrected chi connectivity index (χ1v) is 41.9. The average Bonchev–Trinajstić information content (AvgIpc) is 0.812. The third-order valence-electron chi connectivity index (χ3n) is 20.3. The highest BCUT2D eigenvalue weighted by Crippen LogP contribution is 2.41. The first-order valence-electron chi connectivity index (χ1n) is 38.3. The van der Waals surface area contributed by atoms with Crippen LogP contribution >= 0.6 is 0 Å². The molecule has 12 rings (SSSR count). The van der Waals surface area contributed by atoms with Crippen LogP contribution in [0, 0.1) is 0 Å². The Morgan fingerprint density at radius 2 is 0.642 bits per heavy atom. The van der Waals surface area contributed by atoms with Gasteiger partial charge in [0.05, 0.1) is 12.5 Å². The molecule has 0 unspecified atom stereocenters. The van der Waals surface area contributed by atoms with Crippen molar-refractivity contribution in [3.63, 3.8) is 0 Å². The van der Waals surface area contributed by atoms with Gasteiger partial charge >= 0.3 is 20.2 Å². The fourth-order valence-electron chi connectivity index (χ4n) is 14.5. The number of hydrogen-bond acceptors (Lipinski definition) is 16. The second-order valence-electron chi connectivity index (χ2n) is 28.9. The van der Waals surface area contributed by atoms with Gasteiger partial charge in [-0.2, -0.15) is 16.8 Å². The van der Waals surface area contributed by atoms with Gasteiger partial charge in [-0.25, -0.2) is 0 Å². The molecule has 16 nitrogen and oxygen atoms in total. The smallest absolute Gasteiger partial charge is 0.306 e. The Labute approximate surface area is 648 Å². The summed E-state index contributed by atoms with van der Waals surface area (Å²) in [6, 6.07) is 80.1. The van der Waals surface area contributed by atoms with E-state index < -0.39 is 20.2 Å². The van der Waals surface area contributed by atoms with Crippen molar-refractivity contribution in [2.24, 2.45) is 0 Å². The van der Waals surface area contributed by atoms with E-state index in [1.807, 2.05) is 78.9 Å². The Hall–Kier alpha value is -9.18. The van der Waals surface area contributed by atoms with E-state index in [1.165, 1.54) is 22.5 Å². The lowest BCUT2D eigenvalue weighted by Gasteiger charge is -2.38. The zero-order valence-electron chi connectivity index (χ0n) is 64.5. The minimum absolute atomic E-state index is 0.103. The number of nitrogens with zero attached hydrogens (tertiary/aromatic N) is 6. The number of aromatic hydroxyl groups is 1. The van der Waals surface area contributed by atoms with Crippen molar-refractivity contribution in [2.75, 3.05) is 128 Å². The molecule has 0 radical (unpaired) electrons. The number of aliphatic hydroxyl groups is 3. The van der Waals surface area contributed by atoms with Crippen molar-refractivity contribution in [3.8, 4) is 17.2 Å². The highest BCUT2D eigenvalue weighted by molar-refractivity contribution is 7.86. The summed E-state index contributed by atoms with van der Waals surface area (Å²) < 4.78 is 56.6. The van der Waals surface area contributed by atoms with Crippen molar-refractivity contribution in [1.82, 2.24) is 19.6 Å². The Bertz CT molecular complexity index is 4390. The number of allylic oxidation sites excluding steroid dienone is 3. The molecule has 4 N–H and O–H groups in total. The molecule has 3 aliphatic rings. The van der Waals surface area contributed by atoms with E-state index in [-0.39, 0.29) is 37.1 Å². The summed E-state index contributed by atoms with van der Waals surface area (Å²) in [5, 5.41) is 38.7. The van der Waals surface area contributed by atoms with Gasteiger partial charge in [-0.3, -0.25) is 14.7 Å². The van der Waals surface area contributed by atoms with Gasteiger partial charge < -0.3 is 43.5 Å². The van der Waals surface area contributed by atoms with Crippen molar-refractivity contribution in [3.05, 3.63) is 292 Å². The molecule has 3 fully saturated rings. The summed E-state index contributed by atoms with van der Waals surface area (Å²) in [6.07, 6.45) is 6.25. The topological polar surface area (TPSA) is 187 Å². The lowest BCUT2D eigenvalue weighted by atomic mass is 9.87. The van der Waals surface area contributed by atoms with Crippen molar-refractivity contribution in [2.45, 2.75) is 84.8 Å². The summed E-state index contributed by atoms with van der Waals surface area (Å²) in [5.74, 6) is 0.823. The van der Waals surface area contributed by atoms with E-state index >= 15 is 0 Å². The lowest BCUT2D eigenvalue weighted by Crippen LogP contribution is -2.48. The maximum atomic E-state index is 11.6. The van der Waals surface area contributed by atoms with Crippen molar-refractivity contribution < 1.29 is 45.6 Å². The predicted molar refractivity (Wildman–Crippen MR) is 448 cm³/mol. The molecular weight excluding hydrogens is 1400 g/mol. The number of phenols is 1. The van der Waals surface area contributed by atoms with Crippen LogP contribution in [-0.2, 0) is 26.8 Å². The van der Waals surface area contributed by atoms with E-state index in [9.17, 15) is 37.3 Å². The van der Waals surface area contributed by atoms with Crippen LogP contribution in [-0.4, -0.2) is 187 Å². The fraction of sp³-hybridized carbons (Fsp3) is 0.341. The molecule has 18 heteroatoms. The number of phenolic OH excluding ortho intramolecular Hbond substituents is 1. The number of rotatable bonds is 28. The average molecular weight is 1510 g/mol. The van der Waals surface area contributed by atoms with Crippen molar-refractivity contribution in [1.29, 1.82) is 0 Å². The molecule has 0 aliphatic carbocycles. The summed E-state index contributed by atoms with van der Waals surface area (Å²) in [5.41, 5.74) is 20.1. The van der Waals surface area contributed by atoms with Gasteiger partial charge in [0.15, 0.2) is 0 Å². The molecule has 3 aliphatic heterocycles. The summed E-state index contributed by atoms with van der Waals surface area (Å²) in [6.45, 7) is 23.1. The van der Waals surface area contributed by atoms with Gasteiger partial charge in [0.1, 0.15) is 17.2 Å². The monoisotopic (exact) mass is 1510 g/mol. The zero-order valence-corrected chi connectivity index (χ0v) is 66.1. The van der Waals surface area contributed by atoms with Gasteiger partial charge in [-0.1, -0.05) is 176 Å². The first-order chi connectivity index (χ1) is 52.6. The van der Waals surface area contributed by atoms with E-state index in [0.29, 0.717) is 44.2 Å². The number of aliphatic hydroxyl groups excluding tert-OH is 3. The Balaban J connectivity index is 0.000000175. The molecule has 3 saturated heterocycles. The van der Waals surface area contributed by atoms with Crippen LogP contribution in [0.1, 0.15) is 122 Å². The molecule has 0 amide bonds. The van der Waals surface area contributed by atoms with Crippen LogP contribution < -0.4 is 18.2 Å². The van der Waals surface area contributed by atoms with Gasteiger partial charge in [0.2, 0.25) is 0 Å². The Morgan fingerprint density at radius 1 is 0.358 bits per heavy atom. The van der Waals surface area contributed by atoms with Crippen LogP contribution in [0.25, 0.3) is 33.4 Å². The molecule has 0 bridgehead atoms. The Kier molecular flexibility index (Phi) is 30.6. The maximum absolute atomic E-state index is 11.6. The summed E-state index contributed by atoms with van der Waals surface area (Å²) >= 11 is 0. The van der Waals surface area contributed by atoms with Gasteiger partial charge in [-0.15, -0.1) is 0 Å². The third-order valence-corrected chi connectivity index (χ3v) is 21.3. The minimum Gasteiger partial charge on any atom is -0.508 e. The molecular formula is C91H110N6O10S2. The predicted octanol–water partition coefficient (Wildman–Crippen LogP) is 15.4. The maximum Gasteiger partial charge on any atom is 0.306 e. The van der Waals surface area contributed by atoms with E-state index in [1.54, 1.807) is 36.4 Å². The molecule has 3 heterocycles. The van der Waals surface area contributed by atoms with Crippen LogP contribution in [0.3, 0.4) is 0 Å². The highest BCUT2D eigenvalue weighted by atomic mass is 32.2. The van der Waals surface area contributed by atoms with Crippen LogP contribution in [0.2, 0.25) is 0 Å². The third kappa shape index (κ3) is 24.4. The number of piperazine rings is 3. The minimum atomic E-state index is -3.61. The fourth-order valence-corrected chi connectivity index (χ4v) is 15.4. The number of anilines is 2. The normalized spacial score (nSPS) is 15.6. The first kappa shape index (κ1) is 82.3. The molecule has 576 valence electrons. The molecule has 9 aromatic carbocycles. The van der Waals surface area contributed by atoms with Crippen LogP contribution in [0.15, 0.2) is 237 Å². The molecule has 0 atom stereocenters. The van der Waals surface area contributed by atoms with Crippen LogP contribution in [0.4, 0.5) is 11.4 Å². The quantitative estimate of drug-likeness (QED) is 0.0268. The number of hydrogen-bond donors (Lipinski definition) is 4. The molecule has 9 aromatic rings. The summed E-state index contributed by atoms with van der Waals surface area (Å²) in [4.78, 5) is 14.8. The number of benzene rings is 9. The molecule has 0 aromatic heterocycles. The van der Waals surface area contributed by atoms with E-state index in [0.717, 1.165) is 182 Å².